The van der Waals surface area contributed by atoms with E-state index in [1.165, 1.54) is 0 Å². The molecular weight excluding hydrogens is 248 g/mol. The second kappa shape index (κ2) is 7.46. The van der Waals surface area contributed by atoms with Gasteiger partial charge in [-0.3, -0.25) is 4.79 Å². The third-order valence-corrected chi connectivity index (χ3v) is 3.10. The van der Waals surface area contributed by atoms with Gasteiger partial charge < -0.3 is 11.1 Å². The lowest BCUT2D eigenvalue weighted by molar-refractivity contribution is -0.402. The largest absolute Gasteiger partial charge is 0.347 e. The second-order valence-electron chi connectivity index (χ2n) is 4.69. The van der Waals surface area contributed by atoms with E-state index in [2.05, 4.69) is 11.1 Å². The molecule has 3 heteroatoms. The maximum atomic E-state index is 12.1. The molecule has 0 fully saturated rings. The predicted octanol–water partition coefficient (Wildman–Crippen LogP) is 2.42. The summed E-state index contributed by atoms with van der Waals surface area (Å²) in [6.07, 6.45) is 0.651. The highest BCUT2D eigenvalue weighted by Crippen LogP contribution is 2.13. The average Bonchev–Trinajstić information content (AvgIpc) is 2.42. The van der Waals surface area contributed by atoms with Gasteiger partial charge in [-0.15, -0.1) is 0 Å². The molecule has 0 spiro atoms. The van der Waals surface area contributed by atoms with Crippen molar-refractivity contribution in [2.24, 2.45) is 0 Å². The maximum Gasteiger partial charge on any atom is 0.282 e. The minimum Gasteiger partial charge on any atom is -0.347 e. The molecule has 0 heterocycles. The summed E-state index contributed by atoms with van der Waals surface area (Å²) in [7, 11) is 0. The van der Waals surface area contributed by atoms with Crippen molar-refractivity contribution in [3.05, 3.63) is 65.7 Å². The van der Waals surface area contributed by atoms with E-state index in [0.717, 1.165) is 16.8 Å². The van der Waals surface area contributed by atoms with Crippen molar-refractivity contribution in [2.45, 2.75) is 26.8 Å². The topological polar surface area (TPSA) is 56.7 Å². The highest BCUT2D eigenvalue weighted by molar-refractivity contribution is 5.94. The normalized spacial score (nSPS) is 11.3. The van der Waals surface area contributed by atoms with Crippen molar-refractivity contribution in [3.63, 3.8) is 0 Å². The Morgan fingerprint density at radius 3 is 2.35 bits per heavy atom. The molecule has 0 bridgehead atoms. The van der Waals surface area contributed by atoms with Crippen molar-refractivity contribution in [1.29, 1.82) is 0 Å². The number of anilines is 1. The van der Waals surface area contributed by atoms with E-state index < -0.39 is 0 Å². The first-order valence-corrected chi connectivity index (χ1v) is 6.40. The summed E-state index contributed by atoms with van der Waals surface area (Å²) < 4.78 is 0. The SMILES string of the molecule is C.Cc1ccccc1NC(=O)C([NH3+])Cc1ccccc1. The fourth-order valence-electron chi connectivity index (χ4n) is 1.94. The van der Waals surface area contributed by atoms with Gasteiger partial charge in [0.15, 0.2) is 6.04 Å². The molecule has 106 valence electrons. The standard InChI is InChI=1S/C16H18N2O.CH4/c1-12-7-5-6-10-15(12)18-16(19)14(17)11-13-8-3-2-4-9-13;/h2-10,14H,11,17H2,1H3,(H,18,19);1H4/p+1. The average molecular weight is 271 g/mol. The molecule has 0 aliphatic carbocycles. The van der Waals surface area contributed by atoms with Crippen LogP contribution in [0.4, 0.5) is 5.69 Å². The molecule has 0 saturated heterocycles. The van der Waals surface area contributed by atoms with Crippen molar-refractivity contribution in [2.75, 3.05) is 5.32 Å². The molecule has 20 heavy (non-hydrogen) atoms. The maximum absolute atomic E-state index is 12.1. The van der Waals surface area contributed by atoms with Crippen LogP contribution in [-0.4, -0.2) is 11.9 Å². The van der Waals surface area contributed by atoms with Crippen molar-refractivity contribution in [1.82, 2.24) is 0 Å². The highest BCUT2D eigenvalue weighted by Gasteiger charge is 2.18. The van der Waals surface area contributed by atoms with Crippen LogP contribution in [0, 0.1) is 6.92 Å². The van der Waals surface area contributed by atoms with Crippen molar-refractivity contribution < 1.29 is 10.5 Å². The molecule has 1 unspecified atom stereocenters. The van der Waals surface area contributed by atoms with Gasteiger partial charge in [0.05, 0.1) is 0 Å². The van der Waals surface area contributed by atoms with Crippen LogP contribution in [0.15, 0.2) is 54.6 Å². The predicted molar refractivity (Wildman–Crippen MR) is 83.4 cm³/mol. The fraction of sp³-hybridized carbons (Fsp3) is 0.235. The number of nitrogens with one attached hydrogen (secondary N) is 1. The number of aryl methyl sites for hydroxylation is 1. The number of quaternary nitrogens is 1. The van der Waals surface area contributed by atoms with Crippen LogP contribution in [0.3, 0.4) is 0 Å². The van der Waals surface area contributed by atoms with Gasteiger partial charge >= 0.3 is 0 Å². The first kappa shape index (κ1) is 15.9. The number of carbonyl (C=O) groups excluding carboxylic acids is 1. The molecule has 0 aliphatic rings. The van der Waals surface area contributed by atoms with Gasteiger partial charge in [-0.2, -0.15) is 0 Å². The quantitative estimate of drug-likeness (QED) is 0.881. The van der Waals surface area contributed by atoms with E-state index in [9.17, 15) is 4.79 Å². The molecule has 0 saturated carbocycles. The highest BCUT2D eigenvalue weighted by atomic mass is 16.2. The van der Waals surface area contributed by atoms with Crippen LogP contribution in [0.2, 0.25) is 0 Å². The summed E-state index contributed by atoms with van der Waals surface area (Å²) in [4.78, 5) is 12.1. The molecule has 1 amide bonds. The Bertz CT molecular complexity index is 552. The fourth-order valence-corrected chi connectivity index (χ4v) is 1.94. The van der Waals surface area contributed by atoms with Gasteiger partial charge in [0.1, 0.15) is 0 Å². The molecule has 0 radical (unpaired) electrons. The van der Waals surface area contributed by atoms with Gasteiger partial charge in [-0.25, -0.2) is 0 Å². The first-order valence-electron chi connectivity index (χ1n) is 6.40. The minimum atomic E-state index is -0.290. The lowest BCUT2D eigenvalue weighted by Crippen LogP contribution is -2.67. The van der Waals surface area contributed by atoms with Crippen LogP contribution < -0.4 is 11.1 Å². The summed E-state index contributed by atoms with van der Waals surface area (Å²) in [6.45, 7) is 1.98. The van der Waals surface area contributed by atoms with E-state index in [0.29, 0.717) is 6.42 Å². The Balaban J connectivity index is 0.00000200. The van der Waals surface area contributed by atoms with Gasteiger partial charge in [0.2, 0.25) is 0 Å². The van der Waals surface area contributed by atoms with Gasteiger partial charge in [0.25, 0.3) is 5.91 Å². The van der Waals surface area contributed by atoms with Gasteiger partial charge in [-0.1, -0.05) is 56.0 Å². The monoisotopic (exact) mass is 271 g/mol. The molecule has 0 aliphatic heterocycles. The van der Waals surface area contributed by atoms with Gasteiger partial charge in [-0.05, 0) is 24.1 Å². The molecule has 1 atom stereocenters. The van der Waals surface area contributed by atoms with E-state index in [1.54, 1.807) is 0 Å². The van der Waals surface area contributed by atoms with E-state index in [-0.39, 0.29) is 19.4 Å². The lowest BCUT2D eigenvalue weighted by Gasteiger charge is -2.11. The third-order valence-electron chi connectivity index (χ3n) is 3.10. The third kappa shape index (κ3) is 4.21. The Morgan fingerprint density at radius 1 is 1.10 bits per heavy atom. The van der Waals surface area contributed by atoms with Crippen LogP contribution in [0.1, 0.15) is 18.6 Å². The summed E-state index contributed by atoms with van der Waals surface area (Å²) >= 11 is 0. The van der Waals surface area contributed by atoms with Crippen molar-refractivity contribution in [3.8, 4) is 0 Å². The second-order valence-corrected chi connectivity index (χ2v) is 4.69. The number of hydrogen-bond donors (Lipinski definition) is 2. The molecule has 4 N–H and O–H groups in total. The van der Waals surface area contributed by atoms with Gasteiger partial charge in [0, 0.05) is 12.1 Å². The Labute approximate surface area is 120 Å². The minimum absolute atomic E-state index is 0. The molecular formula is C17H23N2O+. The number of amides is 1. The molecule has 2 aromatic carbocycles. The van der Waals surface area contributed by atoms with Crippen molar-refractivity contribution >= 4 is 11.6 Å². The zero-order valence-electron chi connectivity index (χ0n) is 11.1. The van der Waals surface area contributed by atoms with E-state index in [1.807, 2.05) is 61.5 Å². The number of carbonyl (C=O) groups is 1. The number of para-hydroxylation sites is 1. The number of hydrogen-bond acceptors (Lipinski definition) is 1. The van der Waals surface area contributed by atoms with E-state index >= 15 is 0 Å². The summed E-state index contributed by atoms with van der Waals surface area (Å²) in [5.41, 5.74) is 6.99. The smallest absolute Gasteiger partial charge is 0.282 e. The number of benzene rings is 2. The van der Waals surface area contributed by atoms with Crippen LogP contribution >= 0.6 is 0 Å². The molecule has 0 aromatic heterocycles. The molecule has 2 aromatic rings. The molecule has 3 nitrogen and oxygen atoms in total. The zero-order chi connectivity index (χ0) is 13.7. The van der Waals surface area contributed by atoms with E-state index in [4.69, 9.17) is 0 Å². The Kier molecular flexibility index (Phi) is 5.94. The zero-order valence-corrected chi connectivity index (χ0v) is 11.1. The first-order chi connectivity index (χ1) is 9.16. The summed E-state index contributed by atoms with van der Waals surface area (Å²) in [6, 6.07) is 17.4. The number of rotatable bonds is 4. The molecule has 2 rings (SSSR count). The summed E-state index contributed by atoms with van der Waals surface area (Å²) in [5.74, 6) is -0.0434. The Morgan fingerprint density at radius 2 is 1.70 bits per heavy atom. The van der Waals surface area contributed by atoms with Crippen LogP contribution in [0.5, 0.6) is 0 Å². The lowest BCUT2D eigenvalue weighted by atomic mass is 10.1. The Hall–Kier alpha value is -2.13. The van der Waals surface area contributed by atoms with Crippen LogP contribution in [0.25, 0.3) is 0 Å². The summed E-state index contributed by atoms with van der Waals surface area (Å²) in [5, 5.41) is 2.93. The van der Waals surface area contributed by atoms with Crippen LogP contribution in [-0.2, 0) is 11.2 Å².